The molecule has 0 atom stereocenters. The predicted octanol–water partition coefficient (Wildman–Crippen LogP) is 4.15. The molecule has 4 aromatic rings. The maximum Gasteiger partial charge on any atom is 0.266 e. The molecule has 0 saturated carbocycles. The molecule has 33 heavy (non-hydrogen) atoms. The van der Waals surface area contributed by atoms with Crippen molar-refractivity contribution in [3.63, 3.8) is 0 Å². The summed E-state index contributed by atoms with van der Waals surface area (Å²) in [5.41, 5.74) is 1.34. The van der Waals surface area contributed by atoms with Gasteiger partial charge in [0.25, 0.3) is 5.56 Å². The Kier molecular flexibility index (Phi) is 7.47. The number of nitrogens with zero attached hydrogens (tertiary/aromatic N) is 3. The number of fused-ring (bicyclic) bond motifs is 1. The molecule has 1 amide bonds. The van der Waals surface area contributed by atoms with Crippen LogP contribution in [0.3, 0.4) is 0 Å². The van der Waals surface area contributed by atoms with Gasteiger partial charge in [-0.15, -0.1) is 0 Å². The van der Waals surface area contributed by atoms with E-state index in [9.17, 15) is 14.0 Å². The Balaban J connectivity index is 1.41. The van der Waals surface area contributed by atoms with Gasteiger partial charge in [-0.05, 0) is 42.8 Å². The van der Waals surface area contributed by atoms with Gasteiger partial charge in [-0.2, -0.15) is 0 Å². The average molecular weight is 463 g/mol. The molecule has 8 heteroatoms. The van der Waals surface area contributed by atoms with E-state index in [-0.39, 0.29) is 17.2 Å². The highest BCUT2D eigenvalue weighted by atomic mass is 32.2. The zero-order chi connectivity index (χ0) is 23.0. The first kappa shape index (κ1) is 22.7. The molecule has 0 bridgehead atoms. The Labute approximate surface area is 194 Å². The number of para-hydroxylation sites is 2. The number of nitrogens with one attached hydrogen (secondary N) is 1. The molecule has 0 saturated heterocycles. The molecule has 4 rings (SSSR count). The second kappa shape index (κ2) is 10.9. The molecule has 1 N–H and O–H groups in total. The third-order valence-corrected chi connectivity index (χ3v) is 6.07. The summed E-state index contributed by atoms with van der Waals surface area (Å²) in [4.78, 5) is 34.1. The number of benzene rings is 2. The van der Waals surface area contributed by atoms with Crippen LogP contribution in [0, 0.1) is 5.82 Å². The molecule has 2 aromatic carbocycles. The van der Waals surface area contributed by atoms with Crippen LogP contribution < -0.4 is 10.9 Å². The van der Waals surface area contributed by atoms with Gasteiger partial charge in [0.05, 0.1) is 16.6 Å². The summed E-state index contributed by atoms with van der Waals surface area (Å²) in [6, 6.07) is 18.9. The molecule has 2 heterocycles. The number of carbonyl (C=O) groups is 1. The number of rotatable bonds is 9. The van der Waals surface area contributed by atoms with Crippen LogP contribution in [0.15, 0.2) is 82.9 Å². The van der Waals surface area contributed by atoms with E-state index < -0.39 is 5.82 Å². The van der Waals surface area contributed by atoms with E-state index in [4.69, 9.17) is 0 Å². The lowest BCUT2D eigenvalue weighted by molar-refractivity contribution is -0.121. The fourth-order valence-electron chi connectivity index (χ4n) is 3.42. The largest absolute Gasteiger partial charge is 0.356 e. The smallest absolute Gasteiger partial charge is 0.266 e. The first-order valence-corrected chi connectivity index (χ1v) is 11.7. The van der Waals surface area contributed by atoms with E-state index in [2.05, 4.69) is 15.3 Å². The lowest BCUT2D eigenvalue weighted by Crippen LogP contribution is -2.25. The number of thioether (sulfide) groups is 1. The number of carbonyl (C=O) groups excluding carboxylic acids is 1. The third kappa shape index (κ3) is 5.64. The molecule has 0 radical (unpaired) electrons. The van der Waals surface area contributed by atoms with Gasteiger partial charge in [0.1, 0.15) is 5.82 Å². The molecule has 0 unspecified atom stereocenters. The first-order chi connectivity index (χ1) is 16.1. The van der Waals surface area contributed by atoms with Gasteiger partial charge in [0, 0.05) is 37.0 Å². The van der Waals surface area contributed by atoms with Crippen LogP contribution in [0.25, 0.3) is 16.6 Å². The highest BCUT2D eigenvalue weighted by Gasteiger charge is 2.16. The third-order valence-electron chi connectivity index (χ3n) is 5.05. The topological polar surface area (TPSA) is 76.9 Å². The number of aromatic nitrogens is 3. The number of hydrogen-bond acceptors (Lipinski definition) is 5. The maximum absolute atomic E-state index is 14.5. The zero-order valence-corrected chi connectivity index (χ0v) is 18.7. The fraction of sp³-hybridized carbons (Fsp3) is 0.200. The van der Waals surface area contributed by atoms with Crippen molar-refractivity contribution in [2.45, 2.75) is 24.4 Å². The fourth-order valence-corrected chi connectivity index (χ4v) is 4.36. The quantitative estimate of drug-likeness (QED) is 0.230. The van der Waals surface area contributed by atoms with Gasteiger partial charge in [-0.25, -0.2) is 9.37 Å². The summed E-state index contributed by atoms with van der Waals surface area (Å²) < 4.78 is 15.8. The Morgan fingerprint density at radius 3 is 2.64 bits per heavy atom. The standard InChI is InChI=1S/C25H23FN4O2S/c26-20-10-2-4-12-22(20)30-24(32)19-9-1-3-11-21(19)29-25(30)33-17-7-13-23(31)28-16-14-18-8-5-6-15-27-18/h1-6,8-12,15H,7,13-14,16-17H2,(H,28,31). The summed E-state index contributed by atoms with van der Waals surface area (Å²) in [7, 11) is 0. The van der Waals surface area contributed by atoms with Crippen molar-refractivity contribution < 1.29 is 9.18 Å². The summed E-state index contributed by atoms with van der Waals surface area (Å²) in [5.74, 6) is 0.0303. The Bertz CT molecular complexity index is 1310. The SMILES string of the molecule is O=C(CCCSc1nc2ccccc2c(=O)n1-c1ccccc1F)NCCc1ccccn1. The summed E-state index contributed by atoms with van der Waals surface area (Å²) in [6.45, 7) is 0.530. The lowest BCUT2D eigenvalue weighted by atomic mass is 10.2. The van der Waals surface area contributed by atoms with E-state index in [1.165, 1.54) is 22.4 Å². The molecular formula is C25H23FN4O2S. The molecule has 0 spiro atoms. The van der Waals surface area contributed by atoms with Crippen LogP contribution in [0.1, 0.15) is 18.5 Å². The minimum atomic E-state index is -0.495. The van der Waals surface area contributed by atoms with Crippen molar-refractivity contribution in [1.82, 2.24) is 19.9 Å². The zero-order valence-electron chi connectivity index (χ0n) is 17.9. The monoisotopic (exact) mass is 462 g/mol. The first-order valence-electron chi connectivity index (χ1n) is 10.7. The molecule has 0 aliphatic carbocycles. The van der Waals surface area contributed by atoms with Gasteiger partial charge in [0.15, 0.2) is 5.16 Å². The van der Waals surface area contributed by atoms with Gasteiger partial charge < -0.3 is 5.32 Å². The van der Waals surface area contributed by atoms with Gasteiger partial charge in [0.2, 0.25) is 5.91 Å². The lowest BCUT2D eigenvalue weighted by Gasteiger charge is -2.13. The number of amides is 1. The molecule has 0 fully saturated rings. The normalized spacial score (nSPS) is 10.9. The van der Waals surface area contributed by atoms with E-state index in [1.54, 1.807) is 42.6 Å². The van der Waals surface area contributed by atoms with Crippen LogP contribution in [0.2, 0.25) is 0 Å². The van der Waals surface area contributed by atoms with Crippen LogP contribution in [0.4, 0.5) is 4.39 Å². The number of halogens is 1. The Morgan fingerprint density at radius 2 is 1.82 bits per heavy atom. The summed E-state index contributed by atoms with van der Waals surface area (Å²) >= 11 is 1.34. The molecule has 168 valence electrons. The van der Waals surface area contributed by atoms with E-state index in [0.717, 1.165) is 5.69 Å². The van der Waals surface area contributed by atoms with Gasteiger partial charge in [-0.3, -0.25) is 19.1 Å². The van der Waals surface area contributed by atoms with Crippen LogP contribution in [0.5, 0.6) is 0 Å². The van der Waals surface area contributed by atoms with Crippen molar-refractivity contribution in [2.24, 2.45) is 0 Å². The summed E-state index contributed by atoms with van der Waals surface area (Å²) in [5, 5.41) is 3.73. The van der Waals surface area contributed by atoms with Crippen LogP contribution in [-0.4, -0.2) is 32.7 Å². The number of hydrogen-bond donors (Lipinski definition) is 1. The van der Waals surface area contributed by atoms with Crippen molar-refractivity contribution in [1.29, 1.82) is 0 Å². The highest BCUT2D eigenvalue weighted by molar-refractivity contribution is 7.99. The van der Waals surface area contributed by atoms with Crippen molar-refractivity contribution in [2.75, 3.05) is 12.3 Å². The van der Waals surface area contributed by atoms with Crippen molar-refractivity contribution in [3.05, 3.63) is 94.8 Å². The molecule has 0 aliphatic heterocycles. The second-order valence-electron chi connectivity index (χ2n) is 7.38. The van der Waals surface area contributed by atoms with Crippen molar-refractivity contribution >= 4 is 28.6 Å². The van der Waals surface area contributed by atoms with Crippen LogP contribution in [-0.2, 0) is 11.2 Å². The maximum atomic E-state index is 14.5. The second-order valence-corrected chi connectivity index (χ2v) is 8.44. The highest BCUT2D eigenvalue weighted by Crippen LogP contribution is 2.23. The average Bonchev–Trinajstić information content (AvgIpc) is 2.83. The Morgan fingerprint density at radius 1 is 1.03 bits per heavy atom. The Hall–Kier alpha value is -3.52. The van der Waals surface area contributed by atoms with Gasteiger partial charge in [-0.1, -0.05) is 42.1 Å². The molecule has 6 nitrogen and oxygen atoms in total. The molecule has 2 aromatic heterocycles. The molecule has 0 aliphatic rings. The van der Waals surface area contributed by atoms with Crippen LogP contribution >= 0.6 is 11.8 Å². The predicted molar refractivity (Wildman–Crippen MR) is 128 cm³/mol. The molecular weight excluding hydrogens is 439 g/mol. The minimum absolute atomic E-state index is 0.0375. The minimum Gasteiger partial charge on any atom is -0.356 e. The van der Waals surface area contributed by atoms with E-state index >= 15 is 0 Å². The van der Waals surface area contributed by atoms with Gasteiger partial charge >= 0.3 is 0 Å². The van der Waals surface area contributed by atoms with Crippen molar-refractivity contribution in [3.8, 4) is 5.69 Å². The number of pyridine rings is 1. The van der Waals surface area contributed by atoms with E-state index in [1.807, 2.05) is 24.3 Å². The van der Waals surface area contributed by atoms with E-state index in [0.29, 0.717) is 47.6 Å². The summed E-state index contributed by atoms with van der Waals surface area (Å²) in [6.07, 6.45) is 3.36.